The predicted molar refractivity (Wildman–Crippen MR) is 79.0 cm³/mol. The lowest BCUT2D eigenvalue weighted by molar-refractivity contribution is 0.0992. The first kappa shape index (κ1) is 15.3. The van der Waals surface area contributed by atoms with Gasteiger partial charge in [-0.25, -0.2) is 4.39 Å². The number of carbonyl (C=O) groups excluding carboxylic acids is 1. The summed E-state index contributed by atoms with van der Waals surface area (Å²) in [6.45, 7) is 0. The number of Topliss-reactive ketones (excluding diaryl/α,β-unsaturated/α-hetero) is 1. The van der Waals surface area contributed by atoms with E-state index in [-0.39, 0.29) is 18.0 Å². The third-order valence-electron chi connectivity index (χ3n) is 3.01. The molecule has 110 valence electrons. The van der Waals surface area contributed by atoms with Gasteiger partial charge in [0.2, 0.25) is 0 Å². The summed E-state index contributed by atoms with van der Waals surface area (Å²) in [5, 5.41) is 0.291. The van der Waals surface area contributed by atoms with Crippen molar-refractivity contribution in [3.63, 3.8) is 0 Å². The van der Waals surface area contributed by atoms with Crippen LogP contribution in [0, 0.1) is 5.82 Å². The van der Waals surface area contributed by atoms with Crippen LogP contribution in [0.1, 0.15) is 15.9 Å². The minimum atomic E-state index is -0.370. The zero-order chi connectivity index (χ0) is 15.4. The van der Waals surface area contributed by atoms with Crippen LogP contribution in [0.15, 0.2) is 36.4 Å². The Hall–Kier alpha value is -2.07. The molecule has 0 aliphatic rings. The van der Waals surface area contributed by atoms with E-state index in [1.54, 1.807) is 18.2 Å². The highest BCUT2D eigenvalue weighted by Gasteiger charge is 2.15. The number of carbonyl (C=O) groups is 1. The van der Waals surface area contributed by atoms with Crippen molar-refractivity contribution >= 4 is 17.4 Å². The second kappa shape index (κ2) is 6.59. The highest BCUT2D eigenvalue weighted by atomic mass is 35.5. The zero-order valence-electron chi connectivity index (χ0n) is 11.7. The van der Waals surface area contributed by atoms with Gasteiger partial charge in [-0.1, -0.05) is 23.7 Å². The zero-order valence-corrected chi connectivity index (χ0v) is 12.4. The van der Waals surface area contributed by atoms with Crippen LogP contribution >= 0.6 is 11.6 Å². The second-order valence-electron chi connectivity index (χ2n) is 4.42. The summed E-state index contributed by atoms with van der Waals surface area (Å²) in [5.41, 5.74) is 0.993. The largest absolute Gasteiger partial charge is 0.493 e. The first-order chi connectivity index (χ1) is 10.0. The summed E-state index contributed by atoms with van der Waals surface area (Å²) in [5.74, 6) is 0.211. The molecule has 0 fully saturated rings. The molecule has 0 bridgehead atoms. The van der Waals surface area contributed by atoms with Gasteiger partial charge >= 0.3 is 0 Å². The minimum absolute atomic E-state index is 0.0869. The van der Waals surface area contributed by atoms with Gasteiger partial charge in [0, 0.05) is 12.0 Å². The van der Waals surface area contributed by atoms with Crippen LogP contribution in [-0.2, 0) is 6.42 Å². The lowest BCUT2D eigenvalue weighted by Gasteiger charge is -2.11. The van der Waals surface area contributed by atoms with Gasteiger partial charge in [-0.2, -0.15) is 0 Å². The molecule has 0 aliphatic heterocycles. The molecule has 3 nitrogen and oxygen atoms in total. The molecule has 0 saturated carbocycles. The Morgan fingerprint density at radius 2 is 1.95 bits per heavy atom. The number of ketones is 1. The van der Waals surface area contributed by atoms with Crippen molar-refractivity contribution in [2.45, 2.75) is 6.42 Å². The second-order valence-corrected chi connectivity index (χ2v) is 4.83. The van der Waals surface area contributed by atoms with Gasteiger partial charge in [0.25, 0.3) is 0 Å². The fourth-order valence-electron chi connectivity index (χ4n) is 2.01. The summed E-state index contributed by atoms with van der Waals surface area (Å²) in [4.78, 5) is 12.3. The molecule has 0 N–H and O–H groups in total. The molecule has 0 amide bonds. The average Bonchev–Trinajstić information content (AvgIpc) is 2.46. The quantitative estimate of drug-likeness (QED) is 0.785. The van der Waals surface area contributed by atoms with Gasteiger partial charge in [0.1, 0.15) is 5.82 Å². The Labute approximate surface area is 127 Å². The lowest BCUT2D eigenvalue weighted by Crippen LogP contribution is -2.05. The molecule has 0 atom stereocenters. The normalized spacial score (nSPS) is 10.3. The van der Waals surface area contributed by atoms with Crippen molar-refractivity contribution in [3.8, 4) is 11.5 Å². The average molecular weight is 309 g/mol. The molecule has 21 heavy (non-hydrogen) atoms. The van der Waals surface area contributed by atoms with Gasteiger partial charge < -0.3 is 9.47 Å². The molecule has 0 saturated heterocycles. The van der Waals surface area contributed by atoms with Crippen molar-refractivity contribution < 1.29 is 18.7 Å². The molecule has 5 heteroatoms. The number of rotatable bonds is 5. The molecule has 2 aromatic carbocycles. The first-order valence-electron chi connectivity index (χ1n) is 6.24. The number of halogens is 2. The molecule has 0 spiro atoms. The van der Waals surface area contributed by atoms with E-state index in [2.05, 4.69) is 0 Å². The Kier molecular flexibility index (Phi) is 4.81. The lowest BCUT2D eigenvalue weighted by atomic mass is 10.0. The van der Waals surface area contributed by atoms with Crippen molar-refractivity contribution in [2.75, 3.05) is 14.2 Å². The number of hydrogen-bond donors (Lipinski definition) is 0. The van der Waals surface area contributed by atoms with E-state index in [4.69, 9.17) is 21.1 Å². The third-order valence-corrected chi connectivity index (χ3v) is 3.29. The van der Waals surface area contributed by atoms with Crippen LogP contribution in [-0.4, -0.2) is 20.0 Å². The van der Waals surface area contributed by atoms with E-state index in [0.717, 1.165) is 0 Å². The van der Waals surface area contributed by atoms with Crippen molar-refractivity contribution in [1.29, 1.82) is 0 Å². The molecule has 2 rings (SSSR count). The molecular weight excluding hydrogens is 295 g/mol. The Morgan fingerprint density at radius 3 is 2.57 bits per heavy atom. The molecule has 2 aromatic rings. The van der Waals surface area contributed by atoms with E-state index in [1.807, 2.05) is 0 Å². The summed E-state index contributed by atoms with van der Waals surface area (Å²) >= 11 is 6.07. The molecule has 0 unspecified atom stereocenters. The van der Waals surface area contributed by atoms with Crippen LogP contribution in [0.3, 0.4) is 0 Å². The summed E-state index contributed by atoms with van der Waals surface area (Å²) in [6.07, 6.45) is 0.0869. The number of ether oxygens (including phenoxy) is 2. The van der Waals surface area contributed by atoms with Crippen molar-refractivity contribution in [1.82, 2.24) is 0 Å². The van der Waals surface area contributed by atoms with Crippen molar-refractivity contribution in [2.24, 2.45) is 0 Å². The van der Waals surface area contributed by atoms with Gasteiger partial charge in [0.05, 0.1) is 19.2 Å². The maximum Gasteiger partial charge on any atom is 0.179 e. The third kappa shape index (κ3) is 3.52. The van der Waals surface area contributed by atoms with Gasteiger partial charge in [0.15, 0.2) is 17.3 Å². The summed E-state index contributed by atoms with van der Waals surface area (Å²) in [6, 6.07) is 9.02. The van der Waals surface area contributed by atoms with Gasteiger partial charge in [-0.3, -0.25) is 4.79 Å². The van der Waals surface area contributed by atoms with Crippen molar-refractivity contribution in [3.05, 3.63) is 58.4 Å². The predicted octanol–water partition coefficient (Wildman–Crippen LogP) is 3.92. The Balaban J connectivity index is 2.29. The van der Waals surface area contributed by atoms with E-state index in [1.165, 1.54) is 32.4 Å². The van der Waals surface area contributed by atoms with E-state index in [9.17, 15) is 9.18 Å². The van der Waals surface area contributed by atoms with Crippen LogP contribution in [0.25, 0.3) is 0 Å². The summed E-state index contributed by atoms with van der Waals surface area (Å²) in [7, 11) is 2.94. The van der Waals surface area contributed by atoms with E-state index in [0.29, 0.717) is 27.6 Å². The van der Waals surface area contributed by atoms with E-state index >= 15 is 0 Å². The number of benzene rings is 2. The van der Waals surface area contributed by atoms with Crippen LogP contribution < -0.4 is 9.47 Å². The highest BCUT2D eigenvalue weighted by Crippen LogP contribution is 2.36. The molecule has 0 radical (unpaired) electrons. The fraction of sp³-hybridized carbons (Fsp3) is 0.188. The monoisotopic (exact) mass is 308 g/mol. The van der Waals surface area contributed by atoms with Gasteiger partial charge in [-0.15, -0.1) is 0 Å². The fourth-order valence-corrected chi connectivity index (χ4v) is 2.30. The van der Waals surface area contributed by atoms with Crippen LogP contribution in [0.5, 0.6) is 11.5 Å². The Bertz CT molecular complexity index is 671. The maximum absolute atomic E-state index is 13.1. The minimum Gasteiger partial charge on any atom is -0.493 e. The maximum atomic E-state index is 13.1. The SMILES string of the molecule is COc1cc(C(=O)Cc2cccc(F)c2)cc(Cl)c1OC. The molecule has 0 aliphatic carbocycles. The first-order valence-corrected chi connectivity index (χ1v) is 6.62. The van der Waals surface area contributed by atoms with Crippen LogP contribution in [0.2, 0.25) is 5.02 Å². The highest BCUT2D eigenvalue weighted by molar-refractivity contribution is 6.32. The number of methoxy groups -OCH3 is 2. The van der Waals surface area contributed by atoms with E-state index < -0.39 is 0 Å². The number of hydrogen-bond acceptors (Lipinski definition) is 3. The molecule has 0 aromatic heterocycles. The Morgan fingerprint density at radius 1 is 1.19 bits per heavy atom. The topological polar surface area (TPSA) is 35.5 Å². The molecular formula is C16H14ClFO3. The van der Waals surface area contributed by atoms with Gasteiger partial charge in [-0.05, 0) is 29.8 Å². The standard InChI is InChI=1S/C16H14ClFO3/c1-20-15-9-11(8-13(17)16(15)21-2)14(19)7-10-4-3-5-12(18)6-10/h3-6,8-9H,7H2,1-2H3. The summed E-state index contributed by atoms with van der Waals surface area (Å²) < 4.78 is 23.4. The molecule has 0 heterocycles. The smallest absolute Gasteiger partial charge is 0.179 e. The van der Waals surface area contributed by atoms with Crippen LogP contribution in [0.4, 0.5) is 4.39 Å².